The van der Waals surface area contributed by atoms with Crippen molar-refractivity contribution in [3.05, 3.63) is 96.1 Å². The molecule has 2 aromatic carbocycles. The zero-order valence-electron chi connectivity index (χ0n) is 16.4. The molecular weight excluding hydrogens is 356 g/mol. The van der Waals surface area contributed by atoms with Crippen LogP contribution in [0, 0.1) is 6.92 Å². The molecule has 0 saturated heterocycles. The molecule has 4 nitrogen and oxygen atoms in total. The minimum Gasteiger partial charge on any atom is -0.352 e. The highest BCUT2D eigenvalue weighted by Crippen LogP contribution is 2.28. The summed E-state index contributed by atoms with van der Waals surface area (Å²) >= 11 is 0. The van der Waals surface area contributed by atoms with E-state index >= 15 is 0 Å². The van der Waals surface area contributed by atoms with E-state index in [1.54, 1.807) is 0 Å². The molecule has 0 spiro atoms. The third kappa shape index (κ3) is 3.61. The first-order valence-electron chi connectivity index (χ1n) is 9.94. The summed E-state index contributed by atoms with van der Waals surface area (Å²) in [4.78, 5) is 16.2. The highest BCUT2D eigenvalue weighted by Gasteiger charge is 2.18. The number of aromatic nitrogens is 3. The van der Waals surface area contributed by atoms with Gasteiger partial charge in [-0.1, -0.05) is 54.6 Å². The first kappa shape index (κ1) is 17.6. The largest absolute Gasteiger partial charge is 0.352 e. The molecular formula is C25H22N4. The van der Waals surface area contributed by atoms with E-state index in [9.17, 15) is 0 Å². The topological polar surface area (TPSA) is 41.9 Å². The molecule has 0 radical (unpaired) electrons. The van der Waals surface area contributed by atoms with Crippen molar-refractivity contribution in [3.63, 3.8) is 0 Å². The second kappa shape index (κ2) is 7.47. The van der Waals surface area contributed by atoms with Gasteiger partial charge in [0.05, 0.1) is 5.69 Å². The summed E-state index contributed by atoms with van der Waals surface area (Å²) in [5.41, 5.74) is 6.99. The van der Waals surface area contributed by atoms with Crippen LogP contribution in [0.3, 0.4) is 0 Å². The van der Waals surface area contributed by atoms with Gasteiger partial charge in [-0.3, -0.25) is 4.98 Å². The van der Waals surface area contributed by atoms with Crippen molar-refractivity contribution in [1.29, 1.82) is 0 Å². The maximum Gasteiger partial charge on any atom is 0.133 e. The van der Waals surface area contributed by atoms with E-state index in [0.717, 1.165) is 53.5 Å². The van der Waals surface area contributed by atoms with Gasteiger partial charge in [-0.05, 0) is 36.1 Å². The Kier molecular flexibility index (Phi) is 4.53. The number of fused-ring (bicyclic) bond motifs is 1. The van der Waals surface area contributed by atoms with Crippen molar-refractivity contribution in [1.82, 2.24) is 15.0 Å². The van der Waals surface area contributed by atoms with Crippen LogP contribution in [0.5, 0.6) is 0 Å². The molecule has 2 aromatic heterocycles. The minimum atomic E-state index is 0.779. The van der Waals surface area contributed by atoms with Crippen LogP contribution in [0.1, 0.15) is 17.0 Å². The van der Waals surface area contributed by atoms with Gasteiger partial charge in [0.15, 0.2) is 0 Å². The molecule has 29 heavy (non-hydrogen) atoms. The number of benzene rings is 2. The molecule has 4 aromatic rings. The zero-order chi connectivity index (χ0) is 19.6. The van der Waals surface area contributed by atoms with Crippen LogP contribution in [0.4, 0.5) is 5.82 Å². The molecule has 0 amide bonds. The van der Waals surface area contributed by atoms with E-state index in [4.69, 9.17) is 9.97 Å². The number of nitrogens with zero attached hydrogens (tertiary/aromatic N) is 4. The van der Waals surface area contributed by atoms with Crippen molar-refractivity contribution < 1.29 is 0 Å². The van der Waals surface area contributed by atoms with Crippen LogP contribution in [-0.2, 0) is 13.0 Å². The lowest BCUT2D eigenvalue weighted by molar-refractivity contribution is 0.717. The highest BCUT2D eigenvalue weighted by atomic mass is 15.2. The first-order valence-corrected chi connectivity index (χ1v) is 9.94. The van der Waals surface area contributed by atoms with Crippen LogP contribution < -0.4 is 4.90 Å². The normalized spacial score (nSPS) is 13.2. The van der Waals surface area contributed by atoms with Crippen molar-refractivity contribution in [2.45, 2.75) is 19.9 Å². The quantitative estimate of drug-likeness (QED) is 0.499. The lowest BCUT2D eigenvalue weighted by Gasteiger charge is -2.30. The third-order valence-corrected chi connectivity index (χ3v) is 5.42. The predicted octanol–water partition coefficient (Wildman–Crippen LogP) is 5.08. The van der Waals surface area contributed by atoms with Crippen LogP contribution >= 0.6 is 0 Å². The molecule has 4 heteroatoms. The first-order chi connectivity index (χ1) is 14.3. The molecule has 1 aliphatic rings. The van der Waals surface area contributed by atoms with E-state index in [1.807, 2.05) is 37.5 Å². The van der Waals surface area contributed by atoms with Crippen LogP contribution in [0.15, 0.2) is 79.1 Å². The Bertz CT molecular complexity index is 1150. The van der Waals surface area contributed by atoms with Crippen LogP contribution in [0.25, 0.3) is 22.4 Å². The van der Waals surface area contributed by atoms with E-state index < -0.39 is 0 Å². The number of anilines is 1. The van der Waals surface area contributed by atoms with E-state index in [-0.39, 0.29) is 0 Å². The smallest absolute Gasteiger partial charge is 0.133 e. The van der Waals surface area contributed by atoms with Gasteiger partial charge in [-0.25, -0.2) is 9.97 Å². The Morgan fingerprint density at radius 3 is 2.38 bits per heavy atom. The molecule has 5 rings (SSSR count). The number of aryl methyl sites for hydroxylation is 1. The number of pyridine rings is 1. The lowest BCUT2D eigenvalue weighted by atomic mass is 10.00. The maximum absolute atomic E-state index is 4.73. The maximum atomic E-state index is 4.73. The zero-order valence-corrected chi connectivity index (χ0v) is 16.4. The second-order valence-corrected chi connectivity index (χ2v) is 7.43. The molecule has 0 unspecified atom stereocenters. The molecule has 0 saturated carbocycles. The second-order valence-electron chi connectivity index (χ2n) is 7.43. The lowest BCUT2D eigenvalue weighted by Crippen LogP contribution is -2.31. The van der Waals surface area contributed by atoms with Crippen LogP contribution in [0.2, 0.25) is 0 Å². The Morgan fingerprint density at radius 1 is 0.759 bits per heavy atom. The van der Waals surface area contributed by atoms with Gasteiger partial charge >= 0.3 is 0 Å². The van der Waals surface area contributed by atoms with Crippen molar-refractivity contribution in [3.8, 4) is 22.4 Å². The molecule has 1 aliphatic heterocycles. The Morgan fingerprint density at radius 2 is 1.52 bits per heavy atom. The average Bonchev–Trinajstić information content (AvgIpc) is 2.79. The monoisotopic (exact) mass is 378 g/mol. The SMILES string of the molecule is Cc1nc(-c2cncc(-c3ccccc3)c2)cc(N2CCc3ccccc3C2)n1. The van der Waals surface area contributed by atoms with Crippen molar-refractivity contribution >= 4 is 5.82 Å². The summed E-state index contributed by atoms with van der Waals surface area (Å²) in [7, 11) is 0. The van der Waals surface area contributed by atoms with Gasteiger partial charge in [0.25, 0.3) is 0 Å². The molecule has 0 atom stereocenters. The molecule has 0 N–H and O–H groups in total. The molecule has 0 aliphatic carbocycles. The number of hydrogen-bond donors (Lipinski definition) is 0. The summed E-state index contributed by atoms with van der Waals surface area (Å²) < 4.78 is 0. The molecule has 3 heterocycles. The molecule has 0 fully saturated rings. The number of rotatable bonds is 3. The summed E-state index contributed by atoms with van der Waals surface area (Å²) in [5, 5.41) is 0. The number of hydrogen-bond acceptors (Lipinski definition) is 4. The van der Waals surface area contributed by atoms with E-state index in [2.05, 4.69) is 58.4 Å². The van der Waals surface area contributed by atoms with Gasteiger partial charge in [-0.15, -0.1) is 0 Å². The predicted molar refractivity (Wildman–Crippen MR) is 117 cm³/mol. The fourth-order valence-corrected chi connectivity index (χ4v) is 3.92. The minimum absolute atomic E-state index is 0.779. The summed E-state index contributed by atoms with van der Waals surface area (Å²) in [6.45, 7) is 3.81. The van der Waals surface area contributed by atoms with Crippen molar-refractivity contribution in [2.24, 2.45) is 0 Å². The molecule has 142 valence electrons. The Labute approximate surface area is 170 Å². The standard InChI is InChI=1S/C25H22N4/c1-18-27-24(23-13-22(15-26-16-23)19-7-3-2-4-8-19)14-25(28-18)29-12-11-20-9-5-6-10-21(20)17-29/h2-10,13-16H,11-12,17H2,1H3. The average molecular weight is 378 g/mol. The third-order valence-electron chi connectivity index (χ3n) is 5.42. The van der Waals surface area contributed by atoms with Gasteiger partial charge in [-0.2, -0.15) is 0 Å². The summed E-state index contributed by atoms with van der Waals surface area (Å²) in [5.74, 6) is 1.76. The van der Waals surface area contributed by atoms with E-state index in [0.29, 0.717) is 0 Å². The van der Waals surface area contributed by atoms with Crippen molar-refractivity contribution in [2.75, 3.05) is 11.4 Å². The van der Waals surface area contributed by atoms with Gasteiger partial charge in [0.2, 0.25) is 0 Å². The van der Waals surface area contributed by atoms with Gasteiger partial charge in [0.1, 0.15) is 11.6 Å². The summed E-state index contributed by atoms with van der Waals surface area (Å²) in [6, 6.07) is 23.2. The summed E-state index contributed by atoms with van der Waals surface area (Å²) in [6.07, 6.45) is 4.82. The van der Waals surface area contributed by atoms with E-state index in [1.165, 1.54) is 11.1 Å². The fourth-order valence-electron chi connectivity index (χ4n) is 3.92. The van der Waals surface area contributed by atoms with Gasteiger partial charge in [0, 0.05) is 42.7 Å². The highest BCUT2D eigenvalue weighted by molar-refractivity contribution is 5.71. The van der Waals surface area contributed by atoms with Crippen LogP contribution in [-0.4, -0.2) is 21.5 Å². The Balaban J connectivity index is 1.49. The fraction of sp³-hybridized carbons (Fsp3) is 0.160. The Hall–Kier alpha value is -3.53. The molecule has 0 bridgehead atoms. The van der Waals surface area contributed by atoms with Gasteiger partial charge < -0.3 is 4.90 Å².